The van der Waals surface area contributed by atoms with Crippen LogP contribution in [-0.2, 0) is 9.53 Å². The Labute approximate surface area is 115 Å². The van der Waals surface area contributed by atoms with Crippen LogP contribution in [0.2, 0.25) is 5.15 Å². The first kappa shape index (κ1) is 13.5. The monoisotopic (exact) mass is 277 g/mol. The molecular formula is C14H12ClNO3. The molecule has 0 radical (unpaired) electrons. The number of hydrogen-bond donors (Lipinski definition) is 1. The Balaban J connectivity index is 2.47. The van der Waals surface area contributed by atoms with Crippen molar-refractivity contribution in [2.24, 2.45) is 0 Å². The van der Waals surface area contributed by atoms with E-state index in [2.05, 4.69) is 16.3 Å². The number of pyridine rings is 1. The highest BCUT2D eigenvalue weighted by Crippen LogP contribution is 2.29. The second-order valence-corrected chi connectivity index (χ2v) is 4.34. The molecule has 1 aromatic carbocycles. The van der Waals surface area contributed by atoms with E-state index in [0.717, 1.165) is 5.39 Å². The molecule has 0 bridgehead atoms. The smallest absolute Gasteiger partial charge is 0.336 e. The van der Waals surface area contributed by atoms with Gasteiger partial charge in [0.15, 0.2) is 0 Å². The molecule has 2 aromatic rings. The Morgan fingerprint density at radius 3 is 2.84 bits per heavy atom. The lowest BCUT2D eigenvalue weighted by atomic mass is 10.0. The number of nitrogens with zero attached hydrogens (tertiary/aromatic N) is 1. The van der Waals surface area contributed by atoms with Crippen LogP contribution in [0.5, 0.6) is 0 Å². The fourth-order valence-corrected chi connectivity index (χ4v) is 1.98. The van der Waals surface area contributed by atoms with Gasteiger partial charge >= 0.3 is 5.97 Å². The van der Waals surface area contributed by atoms with Crippen molar-refractivity contribution in [3.05, 3.63) is 53.2 Å². The second kappa shape index (κ2) is 5.38. The molecular weight excluding hydrogens is 266 g/mol. The molecule has 0 saturated carbocycles. The molecule has 0 aliphatic heterocycles. The Morgan fingerprint density at radius 2 is 2.16 bits per heavy atom. The van der Waals surface area contributed by atoms with Crippen LogP contribution in [0.1, 0.15) is 11.7 Å². The van der Waals surface area contributed by atoms with Crippen LogP contribution >= 0.6 is 11.6 Å². The van der Waals surface area contributed by atoms with E-state index < -0.39 is 12.1 Å². The van der Waals surface area contributed by atoms with E-state index in [1.165, 1.54) is 7.11 Å². The number of carbonyl (C=O) groups excluding carboxylic acids is 1. The summed E-state index contributed by atoms with van der Waals surface area (Å²) in [4.78, 5) is 15.5. The van der Waals surface area contributed by atoms with Gasteiger partial charge in [-0.3, -0.25) is 0 Å². The highest BCUT2D eigenvalue weighted by Gasteiger charge is 2.22. The zero-order chi connectivity index (χ0) is 14.0. The Bertz CT molecular complexity index is 654. The molecule has 0 saturated heterocycles. The van der Waals surface area contributed by atoms with E-state index in [1.807, 2.05) is 24.3 Å². The third kappa shape index (κ3) is 2.59. The summed E-state index contributed by atoms with van der Waals surface area (Å²) >= 11 is 6.03. The van der Waals surface area contributed by atoms with Crippen molar-refractivity contribution in [1.82, 2.24) is 4.98 Å². The van der Waals surface area contributed by atoms with Gasteiger partial charge < -0.3 is 9.84 Å². The van der Waals surface area contributed by atoms with Crippen molar-refractivity contribution < 1.29 is 14.6 Å². The fraction of sp³-hybridized carbons (Fsp3) is 0.143. The van der Waals surface area contributed by atoms with Crippen LogP contribution in [0.3, 0.4) is 0 Å². The lowest BCUT2D eigenvalue weighted by Gasteiger charge is -2.14. The first-order valence-corrected chi connectivity index (χ1v) is 5.92. The van der Waals surface area contributed by atoms with Gasteiger partial charge in [0.2, 0.25) is 0 Å². The normalized spacial score (nSPS) is 12.2. The van der Waals surface area contributed by atoms with Crippen LogP contribution in [0.15, 0.2) is 42.5 Å². The van der Waals surface area contributed by atoms with E-state index in [4.69, 9.17) is 11.6 Å². The van der Waals surface area contributed by atoms with E-state index in [1.54, 1.807) is 6.07 Å². The predicted octanol–water partition coefficient (Wildman–Crippen LogP) is 2.65. The molecule has 0 amide bonds. The van der Waals surface area contributed by atoms with Gasteiger partial charge in [-0.05, 0) is 12.1 Å². The van der Waals surface area contributed by atoms with Crippen molar-refractivity contribution in [3.8, 4) is 0 Å². The molecule has 98 valence electrons. The molecule has 19 heavy (non-hydrogen) atoms. The van der Waals surface area contributed by atoms with Crippen molar-refractivity contribution in [1.29, 1.82) is 0 Å². The number of ether oxygens (including phenoxy) is 1. The van der Waals surface area contributed by atoms with E-state index in [-0.39, 0.29) is 10.7 Å². The van der Waals surface area contributed by atoms with Crippen LogP contribution < -0.4 is 0 Å². The minimum Gasteiger partial charge on any atom is -0.466 e. The number of carbonyl (C=O) groups is 1. The van der Waals surface area contributed by atoms with Gasteiger partial charge in [-0.2, -0.15) is 0 Å². The van der Waals surface area contributed by atoms with Crippen LogP contribution in [0.25, 0.3) is 10.9 Å². The van der Waals surface area contributed by atoms with Crippen LogP contribution in [0.4, 0.5) is 0 Å². The van der Waals surface area contributed by atoms with Crippen molar-refractivity contribution >= 4 is 28.5 Å². The number of aromatic nitrogens is 1. The molecule has 1 aromatic heterocycles. The summed E-state index contributed by atoms with van der Waals surface area (Å²) in [6.45, 7) is 3.51. The maximum atomic E-state index is 11.4. The molecule has 2 rings (SSSR count). The average Bonchev–Trinajstić information content (AvgIpc) is 2.44. The van der Waals surface area contributed by atoms with Gasteiger partial charge in [0, 0.05) is 10.9 Å². The number of aliphatic hydroxyl groups is 1. The minimum absolute atomic E-state index is 0.0820. The van der Waals surface area contributed by atoms with Gasteiger partial charge in [0.25, 0.3) is 0 Å². The third-order valence-electron chi connectivity index (χ3n) is 2.78. The Kier molecular flexibility index (Phi) is 3.83. The van der Waals surface area contributed by atoms with Crippen LogP contribution in [0, 0.1) is 0 Å². The molecule has 0 aliphatic rings. The maximum absolute atomic E-state index is 11.4. The lowest BCUT2D eigenvalue weighted by Crippen LogP contribution is -2.12. The highest BCUT2D eigenvalue weighted by atomic mass is 35.5. The first-order chi connectivity index (χ1) is 9.04. The summed E-state index contributed by atoms with van der Waals surface area (Å²) < 4.78 is 4.52. The quantitative estimate of drug-likeness (QED) is 0.532. The largest absolute Gasteiger partial charge is 0.466 e. The standard InChI is InChI=1S/C14H12ClNO3/c1-8(14(18)19-2)12(17)10-7-9-5-3-4-6-11(9)16-13(10)15/h3-7,12,17H,1H2,2H3/t12-/m1/s1. The number of halogens is 1. The zero-order valence-electron chi connectivity index (χ0n) is 10.3. The topological polar surface area (TPSA) is 59.4 Å². The molecule has 1 heterocycles. The minimum atomic E-state index is -1.24. The molecule has 1 N–H and O–H groups in total. The van der Waals surface area contributed by atoms with Crippen molar-refractivity contribution in [2.75, 3.05) is 7.11 Å². The molecule has 0 fully saturated rings. The van der Waals surface area contributed by atoms with Gasteiger partial charge in [-0.1, -0.05) is 36.4 Å². The molecule has 0 unspecified atom stereocenters. The number of fused-ring (bicyclic) bond motifs is 1. The Morgan fingerprint density at radius 1 is 1.47 bits per heavy atom. The van der Waals surface area contributed by atoms with Gasteiger partial charge in [0.1, 0.15) is 11.3 Å². The summed E-state index contributed by atoms with van der Waals surface area (Å²) in [5.74, 6) is -0.684. The number of esters is 1. The summed E-state index contributed by atoms with van der Waals surface area (Å²) in [6, 6.07) is 9.03. The lowest BCUT2D eigenvalue weighted by molar-refractivity contribution is -0.137. The zero-order valence-corrected chi connectivity index (χ0v) is 11.0. The van der Waals surface area contributed by atoms with Crippen LogP contribution in [-0.4, -0.2) is 23.2 Å². The predicted molar refractivity (Wildman–Crippen MR) is 72.9 cm³/mol. The third-order valence-corrected chi connectivity index (χ3v) is 3.08. The molecule has 0 spiro atoms. The van der Waals surface area contributed by atoms with E-state index in [9.17, 15) is 9.90 Å². The highest BCUT2D eigenvalue weighted by molar-refractivity contribution is 6.30. The summed E-state index contributed by atoms with van der Waals surface area (Å²) in [6.07, 6.45) is -1.24. The number of aliphatic hydroxyl groups excluding tert-OH is 1. The second-order valence-electron chi connectivity index (χ2n) is 3.98. The molecule has 5 heteroatoms. The Hall–Kier alpha value is -1.91. The molecule has 1 atom stereocenters. The van der Waals surface area contributed by atoms with Crippen molar-refractivity contribution in [2.45, 2.75) is 6.10 Å². The van der Waals surface area contributed by atoms with E-state index >= 15 is 0 Å². The molecule has 0 aliphatic carbocycles. The number of hydrogen-bond acceptors (Lipinski definition) is 4. The van der Waals surface area contributed by atoms with Gasteiger partial charge in [-0.15, -0.1) is 0 Å². The fourth-order valence-electron chi connectivity index (χ4n) is 1.73. The summed E-state index contributed by atoms with van der Waals surface area (Å²) in [5, 5.41) is 11.1. The average molecular weight is 278 g/mol. The van der Waals surface area contributed by atoms with Gasteiger partial charge in [-0.25, -0.2) is 9.78 Å². The summed E-state index contributed by atoms with van der Waals surface area (Å²) in [7, 11) is 1.22. The van der Waals surface area contributed by atoms with E-state index in [0.29, 0.717) is 11.1 Å². The SMILES string of the molecule is C=C(C(=O)OC)[C@@H](O)c1cc2ccccc2nc1Cl. The molecule has 4 nitrogen and oxygen atoms in total. The number of methoxy groups -OCH3 is 1. The van der Waals surface area contributed by atoms with Crippen molar-refractivity contribution in [3.63, 3.8) is 0 Å². The summed E-state index contributed by atoms with van der Waals surface area (Å²) in [5.41, 5.74) is 0.962. The first-order valence-electron chi connectivity index (χ1n) is 5.55. The van der Waals surface area contributed by atoms with Gasteiger partial charge in [0.05, 0.1) is 18.2 Å². The number of benzene rings is 1. The number of para-hydroxylation sites is 1. The number of rotatable bonds is 3. The maximum Gasteiger partial charge on any atom is 0.336 e.